The molecule has 0 aromatic heterocycles. The van der Waals surface area contributed by atoms with E-state index in [1.165, 1.54) is 6.07 Å². The third-order valence-electron chi connectivity index (χ3n) is 3.33. The maximum absolute atomic E-state index is 13.0. The van der Waals surface area contributed by atoms with Gasteiger partial charge >= 0.3 is 0 Å². The SMILES string of the molecule is N[C@@H](Cc1ccc(F)c(F)c1)C1CCOCC1. The minimum absolute atomic E-state index is 0.0104. The highest BCUT2D eigenvalue weighted by molar-refractivity contribution is 5.19. The van der Waals surface area contributed by atoms with Gasteiger partial charge in [-0.15, -0.1) is 0 Å². The van der Waals surface area contributed by atoms with Crippen molar-refractivity contribution in [3.63, 3.8) is 0 Å². The van der Waals surface area contributed by atoms with Gasteiger partial charge in [-0.2, -0.15) is 0 Å². The highest BCUT2D eigenvalue weighted by atomic mass is 19.2. The van der Waals surface area contributed by atoms with Crippen molar-refractivity contribution in [3.8, 4) is 0 Å². The monoisotopic (exact) mass is 241 g/mol. The summed E-state index contributed by atoms with van der Waals surface area (Å²) < 4.78 is 31.1. The molecular formula is C13H17F2NO. The smallest absolute Gasteiger partial charge is 0.159 e. The summed E-state index contributed by atoms with van der Waals surface area (Å²) in [6.45, 7) is 1.49. The van der Waals surface area contributed by atoms with Crippen LogP contribution in [0.5, 0.6) is 0 Å². The lowest BCUT2D eigenvalue weighted by atomic mass is 9.88. The largest absolute Gasteiger partial charge is 0.381 e. The summed E-state index contributed by atoms with van der Waals surface area (Å²) in [6, 6.07) is 3.97. The molecule has 2 nitrogen and oxygen atoms in total. The first-order valence-electron chi connectivity index (χ1n) is 5.94. The van der Waals surface area contributed by atoms with E-state index < -0.39 is 11.6 Å². The molecule has 1 aromatic rings. The summed E-state index contributed by atoms with van der Waals surface area (Å²) in [5, 5.41) is 0. The van der Waals surface area contributed by atoms with Crippen LogP contribution in [-0.4, -0.2) is 19.3 Å². The maximum atomic E-state index is 13.0. The molecule has 1 fully saturated rings. The fourth-order valence-electron chi connectivity index (χ4n) is 2.25. The Hall–Kier alpha value is -1.00. The predicted octanol–water partition coefficient (Wildman–Crippen LogP) is 2.26. The van der Waals surface area contributed by atoms with Crippen LogP contribution in [0.3, 0.4) is 0 Å². The zero-order valence-corrected chi connectivity index (χ0v) is 9.66. The summed E-state index contributed by atoms with van der Waals surface area (Å²) in [5.74, 6) is -1.20. The number of hydrogen-bond acceptors (Lipinski definition) is 2. The van der Waals surface area contributed by atoms with Crippen LogP contribution >= 0.6 is 0 Å². The Bertz CT molecular complexity index is 378. The molecule has 94 valence electrons. The van der Waals surface area contributed by atoms with E-state index in [0.29, 0.717) is 12.3 Å². The van der Waals surface area contributed by atoms with Crippen LogP contribution in [0.25, 0.3) is 0 Å². The van der Waals surface area contributed by atoms with Crippen molar-refractivity contribution in [2.24, 2.45) is 11.7 Å². The van der Waals surface area contributed by atoms with Crippen LogP contribution in [0.15, 0.2) is 18.2 Å². The maximum Gasteiger partial charge on any atom is 0.159 e. The van der Waals surface area contributed by atoms with E-state index in [-0.39, 0.29) is 6.04 Å². The summed E-state index contributed by atoms with van der Waals surface area (Å²) in [6.07, 6.45) is 2.48. The zero-order valence-electron chi connectivity index (χ0n) is 9.66. The molecule has 1 aromatic carbocycles. The van der Waals surface area contributed by atoms with Crippen molar-refractivity contribution >= 4 is 0 Å². The second-order valence-electron chi connectivity index (χ2n) is 4.57. The van der Waals surface area contributed by atoms with Gasteiger partial charge in [-0.05, 0) is 42.9 Å². The quantitative estimate of drug-likeness (QED) is 0.881. The molecule has 1 atom stereocenters. The van der Waals surface area contributed by atoms with Gasteiger partial charge in [-0.1, -0.05) is 6.07 Å². The van der Waals surface area contributed by atoms with E-state index in [2.05, 4.69) is 0 Å². The normalized spacial score (nSPS) is 19.2. The molecule has 0 bridgehead atoms. The molecule has 1 aliphatic heterocycles. The third-order valence-corrected chi connectivity index (χ3v) is 3.33. The Morgan fingerprint density at radius 2 is 1.94 bits per heavy atom. The predicted molar refractivity (Wildman–Crippen MR) is 61.6 cm³/mol. The lowest BCUT2D eigenvalue weighted by molar-refractivity contribution is 0.0585. The Morgan fingerprint density at radius 3 is 2.59 bits per heavy atom. The highest BCUT2D eigenvalue weighted by Gasteiger charge is 2.21. The Kier molecular flexibility index (Phi) is 4.07. The number of rotatable bonds is 3. The third kappa shape index (κ3) is 3.23. The molecule has 0 amide bonds. The molecule has 17 heavy (non-hydrogen) atoms. The number of nitrogens with two attached hydrogens (primary N) is 1. The summed E-state index contributed by atoms with van der Waals surface area (Å²) in [4.78, 5) is 0. The molecule has 0 saturated carbocycles. The van der Waals surface area contributed by atoms with Gasteiger partial charge in [0, 0.05) is 19.3 Å². The van der Waals surface area contributed by atoms with E-state index in [0.717, 1.165) is 37.7 Å². The van der Waals surface area contributed by atoms with Crippen LogP contribution in [0.1, 0.15) is 18.4 Å². The van der Waals surface area contributed by atoms with Gasteiger partial charge in [0.1, 0.15) is 0 Å². The van der Waals surface area contributed by atoms with Gasteiger partial charge in [0.2, 0.25) is 0 Å². The Labute approximate surface area is 99.8 Å². The van der Waals surface area contributed by atoms with Crippen molar-refractivity contribution in [3.05, 3.63) is 35.4 Å². The molecule has 1 heterocycles. The van der Waals surface area contributed by atoms with Crippen molar-refractivity contribution < 1.29 is 13.5 Å². The van der Waals surface area contributed by atoms with E-state index in [1.54, 1.807) is 6.07 Å². The molecule has 2 rings (SSSR count). The van der Waals surface area contributed by atoms with Crippen molar-refractivity contribution in [2.45, 2.75) is 25.3 Å². The van der Waals surface area contributed by atoms with Crippen LogP contribution in [-0.2, 0) is 11.2 Å². The first kappa shape index (κ1) is 12.5. The van der Waals surface area contributed by atoms with Gasteiger partial charge < -0.3 is 10.5 Å². The number of halogens is 2. The van der Waals surface area contributed by atoms with Gasteiger partial charge in [0.25, 0.3) is 0 Å². The number of benzene rings is 1. The minimum atomic E-state index is -0.812. The van der Waals surface area contributed by atoms with Gasteiger partial charge in [0.15, 0.2) is 11.6 Å². The van der Waals surface area contributed by atoms with Crippen molar-refractivity contribution in [1.82, 2.24) is 0 Å². The van der Waals surface area contributed by atoms with Crippen LogP contribution in [0.4, 0.5) is 8.78 Å². The number of hydrogen-bond donors (Lipinski definition) is 1. The van der Waals surface area contributed by atoms with E-state index in [9.17, 15) is 8.78 Å². The average Bonchev–Trinajstić information content (AvgIpc) is 2.35. The second-order valence-corrected chi connectivity index (χ2v) is 4.57. The minimum Gasteiger partial charge on any atom is -0.381 e. The summed E-state index contributed by atoms with van der Waals surface area (Å²) in [7, 11) is 0. The summed E-state index contributed by atoms with van der Waals surface area (Å²) >= 11 is 0. The molecule has 1 aliphatic rings. The highest BCUT2D eigenvalue weighted by Crippen LogP contribution is 2.20. The molecule has 2 N–H and O–H groups in total. The molecule has 0 aliphatic carbocycles. The Balaban J connectivity index is 1.96. The van der Waals surface area contributed by atoms with Crippen molar-refractivity contribution in [2.75, 3.05) is 13.2 Å². The van der Waals surface area contributed by atoms with Crippen LogP contribution in [0.2, 0.25) is 0 Å². The van der Waals surface area contributed by atoms with Gasteiger partial charge in [-0.25, -0.2) is 8.78 Å². The first-order chi connectivity index (χ1) is 8.16. The Morgan fingerprint density at radius 1 is 1.24 bits per heavy atom. The van der Waals surface area contributed by atoms with Gasteiger partial charge in [0.05, 0.1) is 0 Å². The molecule has 0 radical (unpaired) electrons. The molecular weight excluding hydrogens is 224 g/mol. The average molecular weight is 241 g/mol. The number of ether oxygens (including phenoxy) is 1. The van der Waals surface area contributed by atoms with Crippen LogP contribution in [0, 0.1) is 17.6 Å². The van der Waals surface area contributed by atoms with E-state index in [1.807, 2.05) is 0 Å². The summed E-state index contributed by atoms with van der Waals surface area (Å²) in [5.41, 5.74) is 6.85. The fraction of sp³-hybridized carbons (Fsp3) is 0.538. The van der Waals surface area contributed by atoms with E-state index >= 15 is 0 Å². The zero-order chi connectivity index (χ0) is 12.3. The fourth-order valence-corrected chi connectivity index (χ4v) is 2.25. The second kappa shape index (κ2) is 5.56. The van der Waals surface area contributed by atoms with Crippen LogP contribution < -0.4 is 5.73 Å². The van der Waals surface area contributed by atoms with Gasteiger partial charge in [-0.3, -0.25) is 0 Å². The standard InChI is InChI=1S/C13H17F2NO/c14-11-2-1-9(7-12(11)15)8-13(16)10-3-5-17-6-4-10/h1-2,7,10,13H,3-6,8,16H2/t13-/m0/s1. The molecule has 1 saturated heterocycles. The molecule has 0 spiro atoms. The first-order valence-corrected chi connectivity index (χ1v) is 5.94. The molecule has 0 unspecified atom stereocenters. The lowest BCUT2D eigenvalue weighted by Gasteiger charge is -2.27. The lowest BCUT2D eigenvalue weighted by Crippen LogP contribution is -2.36. The van der Waals surface area contributed by atoms with E-state index in [4.69, 9.17) is 10.5 Å². The topological polar surface area (TPSA) is 35.2 Å². The van der Waals surface area contributed by atoms with Crippen molar-refractivity contribution in [1.29, 1.82) is 0 Å². The molecule has 4 heteroatoms.